The topological polar surface area (TPSA) is 59.0 Å². The highest BCUT2D eigenvalue weighted by molar-refractivity contribution is 5.34. The van der Waals surface area contributed by atoms with Crippen molar-refractivity contribution in [3.63, 3.8) is 0 Å². The van der Waals surface area contributed by atoms with Gasteiger partial charge in [-0.05, 0) is 31.9 Å². The van der Waals surface area contributed by atoms with Crippen LogP contribution >= 0.6 is 0 Å². The Hall–Kier alpha value is -1.53. The maximum Gasteiger partial charge on any atom is 0.181 e. The van der Waals surface area contributed by atoms with E-state index in [4.69, 9.17) is 15.7 Å². The smallest absolute Gasteiger partial charge is 0.181 e. The van der Waals surface area contributed by atoms with Gasteiger partial charge in [0.2, 0.25) is 0 Å². The Balaban J connectivity index is 2.82. The highest BCUT2D eigenvalue weighted by Crippen LogP contribution is 2.20. The van der Waals surface area contributed by atoms with Gasteiger partial charge in [-0.3, -0.25) is 0 Å². The van der Waals surface area contributed by atoms with Crippen molar-refractivity contribution in [3.8, 4) is 11.8 Å². The number of hydrogen-bond acceptors (Lipinski definition) is 3. The fourth-order valence-electron chi connectivity index (χ4n) is 1.35. The molecule has 3 nitrogen and oxygen atoms in total. The minimum absolute atomic E-state index is 0.0899. The van der Waals surface area contributed by atoms with Crippen molar-refractivity contribution in [1.29, 1.82) is 5.26 Å². The summed E-state index contributed by atoms with van der Waals surface area (Å²) in [6.45, 7) is 3.67. The first-order valence-corrected chi connectivity index (χ1v) is 5.03. The van der Waals surface area contributed by atoms with Gasteiger partial charge in [0.25, 0.3) is 0 Å². The van der Waals surface area contributed by atoms with E-state index in [-0.39, 0.29) is 6.04 Å². The van der Waals surface area contributed by atoms with E-state index >= 15 is 0 Å². The van der Waals surface area contributed by atoms with E-state index in [1.165, 1.54) is 0 Å². The predicted molar refractivity (Wildman–Crippen MR) is 59.5 cm³/mol. The molecule has 0 bridgehead atoms. The zero-order chi connectivity index (χ0) is 11.3. The number of nitrogens with two attached hydrogens (primary N) is 1. The van der Waals surface area contributed by atoms with Crippen LogP contribution in [0.5, 0.6) is 5.75 Å². The standard InChI is InChI=1S/C12H16N2O/c1-9(14)7-11-5-3-4-6-12(11)15-10(2)8-13/h3-6,9-10H,7,14H2,1-2H3. The molecule has 1 rings (SSSR count). The number of rotatable bonds is 4. The molecule has 15 heavy (non-hydrogen) atoms. The third-order valence-corrected chi connectivity index (χ3v) is 2.00. The Labute approximate surface area is 90.5 Å². The quantitative estimate of drug-likeness (QED) is 0.814. The fourth-order valence-corrected chi connectivity index (χ4v) is 1.35. The van der Waals surface area contributed by atoms with Gasteiger partial charge in [-0.1, -0.05) is 18.2 Å². The first-order chi connectivity index (χ1) is 7.13. The fraction of sp³-hybridized carbons (Fsp3) is 0.417. The molecule has 0 aliphatic heterocycles. The van der Waals surface area contributed by atoms with Crippen LogP contribution in [-0.4, -0.2) is 12.1 Å². The van der Waals surface area contributed by atoms with Gasteiger partial charge >= 0.3 is 0 Å². The van der Waals surface area contributed by atoms with Crippen LogP contribution < -0.4 is 10.5 Å². The minimum Gasteiger partial charge on any atom is -0.476 e. The van der Waals surface area contributed by atoms with Crippen molar-refractivity contribution in [2.75, 3.05) is 0 Å². The third-order valence-electron chi connectivity index (χ3n) is 2.00. The Bertz CT molecular complexity index is 355. The Morgan fingerprint density at radius 3 is 2.67 bits per heavy atom. The van der Waals surface area contributed by atoms with E-state index in [9.17, 15) is 0 Å². The van der Waals surface area contributed by atoms with Crippen molar-refractivity contribution in [2.24, 2.45) is 5.73 Å². The van der Waals surface area contributed by atoms with Crippen LogP contribution in [0.15, 0.2) is 24.3 Å². The number of nitrogens with zero attached hydrogens (tertiary/aromatic N) is 1. The summed E-state index contributed by atoms with van der Waals surface area (Å²) in [4.78, 5) is 0. The first kappa shape index (κ1) is 11.5. The molecule has 0 heterocycles. The molecule has 2 unspecified atom stereocenters. The molecule has 0 saturated carbocycles. The van der Waals surface area contributed by atoms with E-state index in [1.54, 1.807) is 6.92 Å². The second-order valence-electron chi connectivity index (χ2n) is 3.68. The van der Waals surface area contributed by atoms with E-state index in [1.807, 2.05) is 37.3 Å². The van der Waals surface area contributed by atoms with Crippen LogP contribution in [0.25, 0.3) is 0 Å². The molecule has 0 amide bonds. The average molecular weight is 204 g/mol. The summed E-state index contributed by atoms with van der Waals surface area (Å²) in [5, 5.41) is 8.67. The van der Waals surface area contributed by atoms with Crippen molar-refractivity contribution in [1.82, 2.24) is 0 Å². The Morgan fingerprint density at radius 1 is 1.40 bits per heavy atom. The molecule has 3 heteroatoms. The average Bonchev–Trinajstić information content (AvgIpc) is 2.20. The van der Waals surface area contributed by atoms with E-state index in [0.29, 0.717) is 0 Å². The molecule has 0 saturated heterocycles. The second-order valence-corrected chi connectivity index (χ2v) is 3.68. The van der Waals surface area contributed by atoms with Crippen LogP contribution in [0.4, 0.5) is 0 Å². The van der Waals surface area contributed by atoms with Crippen molar-refractivity contribution < 1.29 is 4.74 Å². The maximum absolute atomic E-state index is 8.67. The van der Waals surface area contributed by atoms with Crippen molar-refractivity contribution >= 4 is 0 Å². The molecule has 0 fully saturated rings. The summed E-state index contributed by atoms with van der Waals surface area (Å²) in [6, 6.07) is 9.81. The monoisotopic (exact) mass is 204 g/mol. The van der Waals surface area contributed by atoms with Crippen LogP contribution in [0.2, 0.25) is 0 Å². The minimum atomic E-state index is -0.431. The highest BCUT2D eigenvalue weighted by Gasteiger charge is 2.08. The summed E-state index contributed by atoms with van der Waals surface area (Å²) in [5.41, 5.74) is 6.79. The normalized spacial score (nSPS) is 14.0. The van der Waals surface area contributed by atoms with Gasteiger partial charge in [-0.25, -0.2) is 0 Å². The molecule has 0 aliphatic rings. The molecule has 2 N–H and O–H groups in total. The summed E-state index contributed by atoms with van der Waals surface area (Å²) in [6.07, 6.45) is 0.327. The molecule has 0 aliphatic carbocycles. The third kappa shape index (κ3) is 3.61. The van der Waals surface area contributed by atoms with Gasteiger partial charge in [0, 0.05) is 6.04 Å². The largest absolute Gasteiger partial charge is 0.476 e. The molecular formula is C12H16N2O. The van der Waals surface area contributed by atoms with Gasteiger partial charge < -0.3 is 10.5 Å². The van der Waals surface area contributed by atoms with Gasteiger partial charge in [-0.15, -0.1) is 0 Å². The number of para-hydroxylation sites is 1. The van der Waals surface area contributed by atoms with Crippen LogP contribution in [-0.2, 0) is 6.42 Å². The second kappa shape index (κ2) is 5.38. The van der Waals surface area contributed by atoms with E-state index in [0.717, 1.165) is 17.7 Å². The molecule has 2 atom stereocenters. The Kier molecular flexibility index (Phi) is 4.14. The number of nitriles is 1. The van der Waals surface area contributed by atoms with E-state index in [2.05, 4.69) is 0 Å². The zero-order valence-corrected chi connectivity index (χ0v) is 9.10. The molecule has 0 radical (unpaired) electrons. The lowest BCUT2D eigenvalue weighted by atomic mass is 10.1. The molecule has 0 spiro atoms. The molecule has 1 aromatic rings. The van der Waals surface area contributed by atoms with Gasteiger partial charge in [-0.2, -0.15) is 5.26 Å². The van der Waals surface area contributed by atoms with Gasteiger partial charge in [0.15, 0.2) is 6.10 Å². The number of ether oxygens (including phenoxy) is 1. The number of hydrogen-bond donors (Lipinski definition) is 1. The lowest BCUT2D eigenvalue weighted by molar-refractivity contribution is 0.273. The van der Waals surface area contributed by atoms with Crippen LogP contribution in [0.1, 0.15) is 19.4 Å². The Morgan fingerprint density at radius 2 is 2.07 bits per heavy atom. The zero-order valence-electron chi connectivity index (χ0n) is 9.10. The van der Waals surface area contributed by atoms with Crippen molar-refractivity contribution in [3.05, 3.63) is 29.8 Å². The SMILES string of the molecule is CC(N)Cc1ccccc1OC(C)C#N. The summed E-state index contributed by atoms with van der Waals surface area (Å²) >= 11 is 0. The molecular weight excluding hydrogens is 188 g/mol. The summed E-state index contributed by atoms with van der Waals surface area (Å²) < 4.78 is 5.48. The van der Waals surface area contributed by atoms with Crippen LogP contribution in [0.3, 0.4) is 0 Å². The van der Waals surface area contributed by atoms with E-state index < -0.39 is 6.10 Å². The molecule has 80 valence electrons. The van der Waals surface area contributed by atoms with Crippen LogP contribution in [0, 0.1) is 11.3 Å². The molecule has 1 aromatic carbocycles. The van der Waals surface area contributed by atoms with Gasteiger partial charge in [0.1, 0.15) is 11.8 Å². The highest BCUT2D eigenvalue weighted by atomic mass is 16.5. The van der Waals surface area contributed by atoms with Crippen molar-refractivity contribution in [2.45, 2.75) is 32.4 Å². The lowest BCUT2D eigenvalue weighted by Gasteiger charge is -2.13. The molecule has 0 aromatic heterocycles. The summed E-state index contributed by atoms with van der Waals surface area (Å²) in [5.74, 6) is 0.754. The number of benzene rings is 1. The van der Waals surface area contributed by atoms with Gasteiger partial charge in [0.05, 0.1) is 0 Å². The predicted octanol–water partition coefficient (Wildman–Crippen LogP) is 1.87. The maximum atomic E-state index is 8.67. The first-order valence-electron chi connectivity index (χ1n) is 5.03. The lowest BCUT2D eigenvalue weighted by Crippen LogP contribution is -2.19. The summed E-state index contributed by atoms with van der Waals surface area (Å²) in [7, 11) is 0.